The topological polar surface area (TPSA) is 218 Å². The first-order valence-electron chi connectivity index (χ1n) is 16.2. The number of hydrogen-bond donors (Lipinski definition) is 4. The molecule has 0 aliphatic heterocycles. The third kappa shape index (κ3) is 9.97. The van der Waals surface area contributed by atoms with Crippen molar-refractivity contribution in [1.82, 2.24) is 14.9 Å². The van der Waals surface area contributed by atoms with E-state index in [1.54, 1.807) is 50.2 Å². The van der Waals surface area contributed by atoms with Crippen molar-refractivity contribution in [1.29, 1.82) is 10.5 Å². The van der Waals surface area contributed by atoms with E-state index in [1.807, 2.05) is 17.5 Å². The number of carboxylic acids is 1. The first kappa shape index (κ1) is 39.1. The summed E-state index contributed by atoms with van der Waals surface area (Å²) in [5, 5.41) is 33.9. The molecule has 0 fully saturated rings. The Morgan fingerprint density at radius 2 is 1.71 bits per heavy atom. The number of nitrogens with zero attached hydrogens (tertiary/aromatic N) is 5. The maximum Gasteiger partial charge on any atom is 0.326 e. The number of carbonyl (C=O) groups is 2. The number of amides is 1. The molecule has 0 saturated heterocycles. The van der Waals surface area contributed by atoms with Gasteiger partial charge in [-0.15, -0.1) is 11.3 Å². The second-order valence-corrected chi connectivity index (χ2v) is 14.2. The predicted octanol–water partition coefficient (Wildman–Crippen LogP) is 5.92. The third-order valence-corrected chi connectivity index (χ3v) is 10.2. The summed E-state index contributed by atoms with van der Waals surface area (Å²) in [4.78, 5) is 35.8. The molecule has 15 heteroatoms. The zero-order chi connectivity index (χ0) is 37.1. The number of hydrogen-bond acceptors (Lipinski definition) is 12. The predicted molar refractivity (Wildman–Crippen MR) is 200 cm³/mol. The van der Waals surface area contributed by atoms with Gasteiger partial charge < -0.3 is 31.9 Å². The Balaban J connectivity index is 1.51. The standard InChI is InChI=1S/C36H39ClN8O4S2/c1-21(2)31(36(47)48)45(35(46)29(41)5-3-4-14-38)15-16-49-26-12-8-22(9-13-26)30-27(17-39)32(42)44-34(28(30)18-40)51-20-25-19-50-33(43-25)23-6-10-24(37)11-7-23/h6-13,19,21,29,31H,3-5,14-16,20,38,41H2,1-2H3,(H2,42,44)(H,47,48)/t29-,31+/m0/s1. The average molecular weight is 747 g/mol. The fourth-order valence-electron chi connectivity index (χ4n) is 5.42. The lowest BCUT2D eigenvalue weighted by atomic mass is 9.97. The largest absolute Gasteiger partial charge is 0.492 e. The normalized spacial score (nSPS) is 12.2. The molecule has 7 N–H and O–H groups in total. The van der Waals surface area contributed by atoms with Crippen molar-refractivity contribution in [2.75, 3.05) is 25.4 Å². The van der Waals surface area contributed by atoms with E-state index in [4.69, 9.17) is 38.5 Å². The van der Waals surface area contributed by atoms with Crippen molar-refractivity contribution >= 4 is 52.4 Å². The number of nitrogen functional groups attached to an aromatic ring is 1. The number of carbonyl (C=O) groups excluding carboxylic acids is 1. The lowest BCUT2D eigenvalue weighted by Gasteiger charge is -2.33. The summed E-state index contributed by atoms with van der Waals surface area (Å²) in [6.45, 7) is 3.95. The third-order valence-electron chi connectivity index (χ3n) is 7.95. The quantitative estimate of drug-likeness (QED) is 0.0731. The van der Waals surface area contributed by atoms with E-state index < -0.39 is 24.0 Å². The van der Waals surface area contributed by atoms with Crippen LogP contribution in [-0.4, -0.2) is 63.6 Å². The van der Waals surface area contributed by atoms with Crippen LogP contribution in [0.4, 0.5) is 5.82 Å². The Kier molecular flexibility index (Phi) is 14.2. The van der Waals surface area contributed by atoms with Crippen LogP contribution in [0.2, 0.25) is 5.02 Å². The number of benzene rings is 2. The monoisotopic (exact) mass is 746 g/mol. The lowest BCUT2D eigenvalue weighted by Crippen LogP contribution is -2.54. The molecule has 0 spiro atoms. The highest BCUT2D eigenvalue weighted by Gasteiger charge is 2.34. The molecule has 0 aliphatic carbocycles. The molecule has 266 valence electrons. The van der Waals surface area contributed by atoms with Gasteiger partial charge in [0, 0.05) is 27.3 Å². The number of thioether (sulfide) groups is 1. The summed E-state index contributed by atoms with van der Waals surface area (Å²) < 4.78 is 5.93. The van der Waals surface area contributed by atoms with Crippen molar-refractivity contribution < 1.29 is 19.4 Å². The summed E-state index contributed by atoms with van der Waals surface area (Å²) in [5.74, 6) is -1.10. The van der Waals surface area contributed by atoms with Gasteiger partial charge in [-0.2, -0.15) is 10.5 Å². The summed E-state index contributed by atoms with van der Waals surface area (Å²) >= 11 is 8.81. The molecule has 2 atom stereocenters. The molecule has 0 unspecified atom stereocenters. The molecule has 12 nitrogen and oxygen atoms in total. The fraction of sp³-hybridized carbons (Fsp3) is 0.333. The number of halogens is 1. The Morgan fingerprint density at radius 1 is 1.04 bits per heavy atom. The summed E-state index contributed by atoms with van der Waals surface area (Å²) in [6.07, 6.45) is 1.76. The van der Waals surface area contributed by atoms with Crippen LogP contribution in [0.3, 0.4) is 0 Å². The van der Waals surface area contributed by atoms with Gasteiger partial charge in [-0.3, -0.25) is 4.79 Å². The molecule has 0 aliphatic rings. The van der Waals surface area contributed by atoms with Gasteiger partial charge in [-0.25, -0.2) is 14.8 Å². The van der Waals surface area contributed by atoms with E-state index in [2.05, 4.69) is 17.1 Å². The van der Waals surface area contributed by atoms with E-state index in [0.717, 1.165) is 16.3 Å². The SMILES string of the molecule is CC(C)[C@H](C(=O)O)N(CCOc1ccc(-c2c(C#N)c(N)nc(SCc3csc(-c4ccc(Cl)cc4)n3)c2C#N)cc1)C(=O)[C@@H](N)CCCCN. The van der Waals surface area contributed by atoms with Crippen LogP contribution < -0.4 is 21.9 Å². The van der Waals surface area contributed by atoms with Crippen molar-refractivity contribution in [2.24, 2.45) is 17.4 Å². The molecule has 2 aromatic carbocycles. The Labute approximate surface area is 310 Å². The van der Waals surface area contributed by atoms with Gasteiger partial charge in [-0.1, -0.05) is 67.9 Å². The van der Waals surface area contributed by atoms with Crippen LogP contribution in [0.15, 0.2) is 58.9 Å². The van der Waals surface area contributed by atoms with Crippen molar-refractivity contribution in [3.05, 3.63) is 75.8 Å². The molecule has 2 heterocycles. The second kappa shape index (κ2) is 18.5. The zero-order valence-corrected chi connectivity index (χ0v) is 30.6. The summed E-state index contributed by atoms with van der Waals surface area (Å²) in [6, 6.07) is 16.5. The number of nitrogens with two attached hydrogens (primary N) is 3. The number of thiazole rings is 1. The van der Waals surface area contributed by atoms with Gasteiger partial charge >= 0.3 is 5.97 Å². The first-order valence-corrected chi connectivity index (χ1v) is 18.4. The minimum Gasteiger partial charge on any atom is -0.492 e. The number of unbranched alkanes of at least 4 members (excludes halogenated alkanes) is 1. The smallest absolute Gasteiger partial charge is 0.326 e. The molecule has 0 radical (unpaired) electrons. The number of nitriles is 2. The Morgan fingerprint density at radius 3 is 2.31 bits per heavy atom. The minimum absolute atomic E-state index is 0.000861. The van der Waals surface area contributed by atoms with Crippen LogP contribution in [0.5, 0.6) is 5.75 Å². The van der Waals surface area contributed by atoms with Crippen LogP contribution in [-0.2, 0) is 15.3 Å². The molecule has 0 saturated carbocycles. The Hall–Kier alpha value is -4.70. The fourth-order valence-corrected chi connectivity index (χ4v) is 7.37. The molecule has 1 amide bonds. The molecule has 51 heavy (non-hydrogen) atoms. The van der Waals surface area contributed by atoms with Gasteiger partial charge in [0.1, 0.15) is 52.0 Å². The van der Waals surface area contributed by atoms with Crippen LogP contribution >= 0.6 is 34.7 Å². The average Bonchev–Trinajstić information content (AvgIpc) is 3.59. The van der Waals surface area contributed by atoms with Gasteiger partial charge in [0.05, 0.1) is 23.8 Å². The molecule has 2 aromatic heterocycles. The number of aromatic nitrogens is 2. The molecule has 0 bridgehead atoms. The van der Waals surface area contributed by atoms with Gasteiger partial charge in [0.25, 0.3) is 0 Å². The maximum atomic E-state index is 13.3. The lowest BCUT2D eigenvalue weighted by molar-refractivity contribution is -0.153. The van der Waals surface area contributed by atoms with Crippen molar-refractivity contribution in [3.8, 4) is 39.6 Å². The van der Waals surface area contributed by atoms with Gasteiger partial charge in [0.2, 0.25) is 5.91 Å². The van der Waals surface area contributed by atoms with Crippen LogP contribution in [0.25, 0.3) is 21.7 Å². The maximum absolute atomic E-state index is 13.3. The molecular formula is C36H39ClN8O4S2. The Bertz CT molecular complexity index is 1910. The number of carboxylic acid groups (broad SMARTS) is 1. The summed E-state index contributed by atoms with van der Waals surface area (Å²) in [5.41, 5.74) is 20.9. The number of anilines is 1. The van der Waals surface area contributed by atoms with Crippen molar-refractivity contribution in [2.45, 2.75) is 56.0 Å². The molecule has 4 rings (SSSR count). The number of aliphatic carboxylic acids is 1. The zero-order valence-electron chi connectivity index (χ0n) is 28.2. The second-order valence-electron chi connectivity index (χ2n) is 11.9. The highest BCUT2D eigenvalue weighted by molar-refractivity contribution is 7.98. The molecular weight excluding hydrogens is 708 g/mol. The minimum atomic E-state index is -1.12. The van der Waals surface area contributed by atoms with E-state index in [0.29, 0.717) is 58.5 Å². The summed E-state index contributed by atoms with van der Waals surface area (Å²) in [7, 11) is 0. The molecule has 4 aromatic rings. The first-order chi connectivity index (χ1) is 24.5. The van der Waals surface area contributed by atoms with Crippen molar-refractivity contribution in [3.63, 3.8) is 0 Å². The van der Waals surface area contributed by atoms with Gasteiger partial charge in [0.15, 0.2) is 0 Å². The number of ether oxygens (including phenoxy) is 1. The highest BCUT2D eigenvalue weighted by Crippen LogP contribution is 2.37. The van der Waals surface area contributed by atoms with E-state index in [1.165, 1.54) is 28.0 Å². The van der Waals surface area contributed by atoms with Crippen LogP contribution in [0.1, 0.15) is 49.9 Å². The van der Waals surface area contributed by atoms with E-state index >= 15 is 0 Å². The highest BCUT2D eigenvalue weighted by atomic mass is 35.5. The van der Waals surface area contributed by atoms with E-state index in [9.17, 15) is 25.2 Å². The van der Waals surface area contributed by atoms with Crippen LogP contribution in [0, 0.1) is 28.6 Å². The van der Waals surface area contributed by atoms with E-state index in [-0.39, 0.29) is 36.0 Å². The van der Waals surface area contributed by atoms with Gasteiger partial charge in [-0.05, 0) is 55.1 Å². The number of rotatable bonds is 17. The number of pyridine rings is 1.